The summed E-state index contributed by atoms with van der Waals surface area (Å²) in [5.74, 6) is 0. The predicted molar refractivity (Wildman–Crippen MR) is 75.8 cm³/mol. The van der Waals surface area contributed by atoms with Crippen LogP contribution in [-0.2, 0) is 13.5 Å². The summed E-state index contributed by atoms with van der Waals surface area (Å²) in [6.07, 6.45) is 8.46. The smallest absolute Gasteiger partial charge is 0.0585 e. The molecule has 0 spiro atoms. The second-order valence-corrected chi connectivity index (χ2v) is 5.17. The van der Waals surface area contributed by atoms with Crippen LogP contribution in [0.5, 0.6) is 0 Å². The van der Waals surface area contributed by atoms with Gasteiger partial charge in [0.25, 0.3) is 0 Å². The number of alkyl halides is 1. The van der Waals surface area contributed by atoms with Crippen LogP contribution in [0.15, 0.2) is 42.7 Å². The fourth-order valence-corrected chi connectivity index (χ4v) is 2.38. The fourth-order valence-electron chi connectivity index (χ4n) is 2.08. The van der Waals surface area contributed by atoms with Crippen LogP contribution in [0.2, 0.25) is 0 Å². The molecule has 2 rings (SSSR count). The molecule has 1 atom stereocenters. The lowest BCUT2D eigenvalue weighted by atomic mass is 10.0. The summed E-state index contributed by atoms with van der Waals surface area (Å²) in [5, 5.41) is 4.31. The van der Waals surface area contributed by atoms with Crippen LogP contribution in [0.1, 0.15) is 35.8 Å². The van der Waals surface area contributed by atoms with Gasteiger partial charge in [0, 0.05) is 13.2 Å². The van der Waals surface area contributed by atoms with Crippen molar-refractivity contribution in [1.29, 1.82) is 0 Å². The molecule has 0 amide bonds. The zero-order valence-electron chi connectivity index (χ0n) is 10.7. The Labute approximate surface area is 114 Å². The van der Waals surface area contributed by atoms with Gasteiger partial charge in [-0.1, -0.05) is 36.8 Å². The Morgan fingerprint density at radius 1 is 1.22 bits per heavy atom. The number of hydrogen-bond acceptors (Lipinski definition) is 1. The van der Waals surface area contributed by atoms with Gasteiger partial charge >= 0.3 is 0 Å². The molecule has 1 unspecified atom stereocenters. The van der Waals surface area contributed by atoms with E-state index in [4.69, 9.17) is 11.6 Å². The van der Waals surface area contributed by atoms with E-state index in [0.717, 1.165) is 19.3 Å². The Balaban J connectivity index is 1.69. The van der Waals surface area contributed by atoms with Gasteiger partial charge in [-0.05, 0) is 30.4 Å². The van der Waals surface area contributed by atoms with E-state index in [-0.39, 0.29) is 5.38 Å². The molecule has 0 aliphatic heterocycles. The standard InChI is InChI=1S/C15H19ClN2/c1-18-12-13(11-17-18)7-5-6-10-15(16)14-8-3-2-4-9-14/h2-4,8-9,11-12,15H,5-7,10H2,1H3. The van der Waals surface area contributed by atoms with E-state index in [0.29, 0.717) is 0 Å². The number of nitrogens with zero attached hydrogens (tertiary/aromatic N) is 2. The number of hydrogen-bond donors (Lipinski definition) is 0. The number of aryl methyl sites for hydroxylation is 2. The van der Waals surface area contributed by atoms with Gasteiger partial charge in [0.1, 0.15) is 0 Å². The van der Waals surface area contributed by atoms with Crippen molar-refractivity contribution in [2.24, 2.45) is 7.05 Å². The van der Waals surface area contributed by atoms with Crippen molar-refractivity contribution in [2.45, 2.75) is 31.1 Å². The van der Waals surface area contributed by atoms with Gasteiger partial charge in [-0.25, -0.2) is 0 Å². The summed E-state index contributed by atoms with van der Waals surface area (Å²) in [5.41, 5.74) is 2.53. The number of rotatable bonds is 6. The SMILES string of the molecule is Cn1cc(CCCCC(Cl)c2ccccc2)cn1. The van der Waals surface area contributed by atoms with Crippen LogP contribution in [-0.4, -0.2) is 9.78 Å². The molecule has 1 aromatic carbocycles. The third-order valence-corrected chi connectivity index (χ3v) is 3.56. The van der Waals surface area contributed by atoms with Gasteiger partial charge in [-0.3, -0.25) is 4.68 Å². The van der Waals surface area contributed by atoms with Crippen molar-refractivity contribution in [3.63, 3.8) is 0 Å². The quantitative estimate of drug-likeness (QED) is 0.566. The highest BCUT2D eigenvalue weighted by molar-refractivity contribution is 6.20. The minimum Gasteiger partial charge on any atom is -0.276 e. The van der Waals surface area contributed by atoms with E-state index in [9.17, 15) is 0 Å². The molecule has 0 saturated heterocycles. The molecule has 0 saturated carbocycles. The first-order valence-electron chi connectivity index (χ1n) is 6.42. The van der Waals surface area contributed by atoms with E-state index in [1.165, 1.54) is 17.5 Å². The van der Waals surface area contributed by atoms with Crippen molar-refractivity contribution in [3.05, 3.63) is 53.9 Å². The van der Waals surface area contributed by atoms with Crippen molar-refractivity contribution in [1.82, 2.24) is 9.78 Å². The Morgan fingerprint density at radius 2 is 2.00 bits per heavy atom. The highest BCUT2D eigenvalue weighted by atomic mass is 35.5. The van der Waals surface area contributed by atoms with E-state index in [1.54, 1.807) is 0 Å². The van der Waals surface area contributed by atoms with E-state index in [1.807, 2.05) is 36.1 Å². The van der Waals surface area contributed by atoms with Crippen LogP contribution in [0.4, 0.5) is 0 Å². The molecule has 0 aliphatic carbocycles. The monoisotopic (exact) mass is 262 g/mol. The second-order valence-electron chi connectivity index (χ2n) is 4.65. The topological polar surface area (TPSA) is 17.8 Å². The zero-order valence-corrected chi connectivity index (χ0v) is 11.5. The van der Waals surface area contributed by atoms with Crippen LogP contribution in [0.25, 0.3) is 0 Å². The third-order valence-electron chi connectivity index (χ3n) is 3.09. The normalized spacial score (nSPS) is 12.6. The van der Waals surface area contributed by atoms with E-state index < -0.39 is 0 Å². The predicted octanol–water partition coefficient (Wildman–Crippen LogP) is 4.11. The summed E-state index contributed by atoms with van der Waals surface area (Å²) in [6.45, 7) is 0. The first kappa shape index (κ1) is 13.2. The lowest BCUT2D eigenvalue weighted by Gasteiger charge is -2.08. The minimum absolute atomic E-state index is 0.139. The number of halogens is 1. The molecule has 2 aromatic rings. The van der Waals surface area contributed by atoms with Gasteiger partial charge in [-0.2, -0.15) is 5.10 Å². The number of benzene rings is 1. The third kappa shape index (κ3) is 3.88. The van der Waals surface area contributed by atoms with E-state index in [2.05, 4.69) is 23.4 Å². The second kappa shape index (κ2) is 6.60. The van der Waals surface area contributed by atoms with Crippen LogP contribution in [0, 0.1) is 0 Å². The van der Waals surface area contributed by atoms with Gasteiger partial charge in [0.2, 0.25) is 0 Å². The van der Waals surface area contributed by atoms with Gasteiger partial charge in [0.15, 0.2) is 0 Å². The highest BCUT2D eigenvalue weighted by Crippen LogP contribution is 2.26. The lowest BCUT2D eigenvalue weighted by Crippen LogP contribution is -1.91. The number of unbranched alkanes of at least 4 members (excludes halogenated alkanes) is 1. The lowest BCUT2D eigenvalue weighted by molar-refractivity contribution is 0.665. The summed E-state index contributed by atoms with van der Waals surface area (Å²) in [4.78, 5) is 0. The van der Waals surface area contributed by atoms with E-state index >= 15 is 0 Å². The molecule has 0 fully saturated rings. The molecule has 0 aliphatic rings. The van der Waals surface area contributed by atoms with Crippen molar-refractivity contribution >= 4 is 11.6 Å². The fraction of sp³-hybridized carbons (Fsp3) is 0.400. The molecule has 0 radical (unpaired) electrons. The Kier molecular flexibility index (Phi) is 4.82. The molecule has 2 nitrogen and oxygen atoms in total. The summed E-state index contributed by atoms with van der Waals surface area (Å²) < 4.78 is 1.85. The first-order chi connectivity index (χ1) is 8.75. The molecule has 18 heavy (non-hydrogen) atoms. The van der Waals surface area contributed by atoms with Gasteiger partial charge < -0.3 is 0 Å². The maximum absolute atomic E-state index is 6.38. The maximum atomic E-state index is 6.38. The Morgan fingerprint density at radius 3 is 2.67 bits per heavy atom. The van der Waals surface area contributed by atoms with Crippen LogP contribution >= 0.6 is 11.6 Å². The molecule has 3 heteroatoms. The molecule has 1 aromatic heterocycles. The zero-order chi connectivity index (χ0) is 12.8. The average Bonchev–Trinajstić information content (AvgIpc) is 2.81. The summed E-state index contributed by atoms with van der Waals surface area (Å²) in [6, 6.07) is 10.3. The minimum atomic E-state index is 0.139. The Bertz CT molecular complexity index is 464. The molecular weight excluding hydrogens is 244 g/mol. The Hall–Kier alpha value is -1.28. The molecule has 96 valence electrons. The van der Waals surface area contributed by atoms with Crippen LogP contribution in [0.3, 0.4) is 0 Å². The van der Waals surface area contributed by atoms with Gasteiger partial charge in [0.05, 0.1) is 11.6 Å². The molecule has 0 bridgehead atoms. The molecular formula is C15H19ClN2. The summed E-state index contributed by atoms with van der Waals surface area (Å²) in [7, 11) is 1.95. The first-order valence-corrected chi connectivity index (χ1v) is 6.86. The maximum Gasteiger partial charge on any atom is 0.0585 e. The largest absolute Gasteiger partial charge is 0.276 e. The van der Waals surface area contributed by atoms with Gasteiger partial charge in [-0.15, -0.1) is 11.6 Å². The van der Waals surface area contributed by atoms with Crippen molar-refractivity contribution in [2.75, 3.05) is 0 Å². The summed E-state index contributed by atoms with van der Waals surface area (Å²) >= 11 is 6.38. The molecule has 1 heterocycles. The van der Waals surface area contributed by atoms with Crippen molar-refractivity contribution in [3.8, 4) is 0 Å². The average molecular weight is 263 g/mol. The number of aromatic nitrogens is 2. The highest BCUT2D eigenvalue weighted by Gasteiger charge is 2.06. The van der Waals surface area contributed by atoms with Crippen LogP contribution < -0.4 is 0 Å². The van der Waals surface area contributed by atoms with Crippen molar-refractivity contribution < 1.29 is 0 Å². The molecule has 0 N–H and O–H groups in total.